The Hall–Kier alpha value is -1.71. The number of ether oxygens (including phenoxy) is 1. The van der Waals surface area contributed by atoms with Crippen molar-refractivity contribution in [1.29, 1.82) is 0 Å². The van der Waals surface area contributed by atoms with E-state index in [-0.39, 0.29) is 18.6 Å². The van der Waals surface area contributed by atoms with Crippen LogP contribution in [0.15, 0.2) is 18.2 Å². The lowest BCUT2D eigenvalue weighted by Crippen LogP contribution is -2.09. The van der Waals surface area contributed by atoms with Crippen molar-refractivity contribution in [3.63, 3.8) is 0 Å². The van der Waals surface area contributed by atoms with Crippen LogP contribution in [0.2, 0.25) is 0 Å². The molecule has 1 aromatic carbocycles. The van der Waals surface area contributed by atoms with Gasteiger partial charge in [0.25, 0.3) is 0 Å². The highest BCUT2D eigenvalue weighted by Gasteiger charge is 2.09. The molecule has 0 fully saturated rings. The first-order valence-corrected chi connectivity index (χ1v) is 4.56. The van der Waals surface area contributed by atoms with Gasteiger partial charge in [-0.3, -0.25) is 9.59 Å². The summed E-state index contributed by atoms with van der Waals surface area (Å²) in [6.07, 6.45) is 0.514. The first kappa shape index (κ1) is 11.4. The highest BCUT2D eigenvalue weighted by atomic mass is 19.1. The summed E-state index contributed by atoms with van der Waals surface area (Å²) in [6, 6.07) is 3.72. The Labute approximate surface area is 86.9 Å². The SMILES string of the molecule is CCOC(=O)Cc1ccc(F)cc1C=O. The molecule has 0 saturated heterocycles. The zero-order valence-electron chi connectivity index (χ0n) is 8.33. The highest BCUT2D eigenvalue weighted by molar-refractivity contribution is 5.81. The van der Waals surface area contributed by atoms with Crippen molar-refractivity contribution in [2.45, 2.75) is 13.3 Å². The van der Waals surface area contributed by atoms with Gasteiger partial charge in [-0.1, -0.05) is 6.07 Å². The van der Waals surface area contributed by atoms with Crippen LogP contribution in [-0.2, 0) is 16.0 Å². The molecule has 0 unspecified atom stereocenters. The first-order chi connectivity index (χ1) is 7.17. The summed E-state index contributed by atoms with van der Waals surface area (Å²) >= 11 is 0. The van der Waals surface area contributed by atoms with Gasteiger partial charge in [0.1, 0.15) is 12.1 Å². The Bertz CT molecular complexity index is 374. The third kappa shape index (κ3) is 3.16. The molecule has 80 valence electrons. The second-order valence-corrected chi connectivity index (χ2v) is 2.94. The standard InChI is InChI=1S/C11H11FO3/c1-2-15-11(14)6-8-3-4-10(12)5-9(8)7-13/h3-5,7H,2,6H2,1H3. The van der Waals surface area contributed by atoms with Gasteiger partial charge in [-0.2, -0.15) is 0 Å². The van der Waals surface area contributed by atoms with E-state index in [1.807, 2.05) is 0 Å². The molecular formula is C11H11FO3. The molecule has 0 aliphatic heterocycles. The van der Waals surface area contributed by atoms with Crippen LogP contribution in [0.25, 0.3) is 0 Å². The molecule has 0 heterocycles. The summed E-state index contributed by atoms with van der Waals surface area (Å²) in [5, 5.41) is 0. The molecule has 0 aliphatic rings. The molecule has 4 heteroatoms. The Balaban J connectivity index is 2.84. The Morgan fingerprint density at radius 2 is 2.27 bits per heavy atom. The number of esters is 1. The number of carbonyl (C=O) groups excluding carboxylic acids is 2. The van der Waals surface area contributed by atoms with Crippen LogP contribution in [0.5, 0.6) is 0 Å². The number of hydrogen-bond acceptors (Lipinski definition) is 3. The predicted molar refractivity (Wildman–Crippen MR) is 52.1 cm³/mol. The average Bonchev–Trinajstić information content (AvgIpc) is 2.21. The van der Waals surface area contributed by atoms with Crippen LogP contribution in [-0.4, -0.2) is 18.9 Å². The molecule has 0 aliphatic carbocycles. The Kier molecular flexibility index (Phi) is 3.97. The van der Waals surface area contributed by atoms with Gasteiger partial charge in [0.05, 0.1) is 13.0 Å². The fourth-order valence-corrected chi connectivity index (χ4v) is 1.20. The smallest absolute Gasteiger partial charge is 0.310 e. The quantitative estimate of drug-likeness (QED) is 0.561. The van der Waals surface area contributed by atoms with E-state index in [1.54, 1.807) is 6.92 Å². The van der Waals surface area contributed by atoms with Gasteiger partial charge in [-0.15, -0.1) is 0 Å². The van der Waals surface area contributed by atoms with Crippen molar-refractivity contribution in [1.82, 2.24) is 0 Å². The average molecular weight is 210 g/mol. The van der Waals surface area contributed by atoms with E-state index in [2.05, 4.69) is 0 Å². The number of benzene rings is 1. The van der Waals surface area contributed by atoms with Crippen molar-refractivity contribution in [3.8, 4) is 0 Å². The van der Waals surface area contributed by atoms with Gasteiger partial charge in [0.2, 0.25) is 0 Å². The molecular weight excluding hydrogens is 199 g/mol. The molecule has 0 amide bonds. The second-order valence-electron chi connectivity index (χ2n) is 2.94. The molecule has 0 saturated carbocycles. The van der Waals surface area contributed by atoms with Crippen LogP contribution in [0.4, 0.5) is 4.39 Å². The maximum absolute atomic E-state index is 12.7. The van der Waals surface area contributed by atoms with E-state index in [4.69, 9.17) is 4.74 Å². The lowest BCUT2D eigenvalue weighted by atomic mass is 10.1. The van der Waals surface area contributed by atoms with E-state index >= 15 is 0 Å². The number of hydrogen-bond donors (Lipinski definition) is 0. The Morgan fingerprint density at radius 1 is 1.53 bits per heavy atom. The first-order valence-electron chi connectivity index (χ1n) is 4.56. The van der Waals surface area contributed by atoms with E-state index in [0.29, 0.717) is 11.8 Å². The van der Waals surface area contributed by atoms with E-state index in [1.165, 1.54) is 12.1 Å². The van der Waals surface area contributed by atoms with Crippen molar-refractivity contribution >= 4 is 12.3 Å². The third-order valence-corrected chi connectivity index (χ3v) is 1.87. The van der Waals surface area contributed by atoms with Crippen molar-refractivity contribution < 1.29 is 18.7 Å². The molecule has 0 bridgehead atoms. The zero-order chi connectivity index (χ0) is 11.3. The van der Waals surface area contributed by atoms with E-state index in [9.17, 15) is 14.0 Å². The summed E-state index contributed by atoms with van der Waals surface area (Å²) < 4.78 is 17.5. The van der Waals surface area contributed by atoms with Gasteiger partial charge in [0, 0.05) is 5.56 Å². The summed E-state index contributed by atoms with van der Waals surface area (Å²) in [7, 11) is 0. The molecule has 0 N–H and O–H groups in total. The van der Waals surface area contributed by atoms with Crippen LogP contribution in [0.3, 0.4) is 0 Å². The minimum Gasteiger partial charge on any atom is -0.466 e. The molecule has 0 spiro atoms. The van der Waals surface area contributed by atoms with Crippen molar-refractivity contribution in [2.75, 3.05) is 6.61 Å². The van der Waals surface area contributed by atoms with Gasteiger partial charge >= 0.3 is 5.97 Å². The lowest BCUT2D eigenvalue weighted by Gasteiger charge is -2.04. The summed E-state index contributed by atoms with van der Waals surface area (Å²) in [4.78, 5) is 21.7. The summed E-state index contributed by atoms with van der Waals surface area (Å²) in [5.74, 6) is -0.920. The van der Waals surface area contributed by atoms with Crippen LogP contribution >= 0.6 is 0 Å². The number of carbonyl (C=O) groups is 2. The van der Waals surface area contributed by atoms with E-state index < -0.39 is 11.8 Å². The maximum Gasteiger partial charge on any atom is 0.310 e. The van der Waals surface area contributed by atoms with Gasteiger partial charge < -0.3 is 4.74 Å². The number of aldehydes is 1. The van der Waals surface area contributed by atoms with Gasteiger partial charge in [0.15, 0.2) is 0 Å². The van der Waals surface area contributed by atoms with Crippen LogP contribution < -0.4 is 0 Å². The monoisotopic (exact) mass is 210 g/mol. The zero-order valence-corrected chi connectivity index (χ0v) is 8.33. The normalized spacial score (nSPS) is 9.73. The fraction of sp³-hybridized carbons (Fsp3) is 0.273. The minimum atomic E-state index is -0.496. The number of halogens is 1. The predicted octanol–water partition coefficient (Wildman–Crippen LogP) is 1.74. The molecule has 1 rings (SSSR count). The van der Waals surface area contributed by atoms with E-state index in [0.717, 1.165) is 6.07 Å². The minimum absolute atomic E-state index is 0.0117. The Morgan fingerprint density at radius 3 is 2.87 bits per heavy atom. The van der Waals surface area contributed by atoms with Gasteiger partial charge in [-0.25, -0.2) is 4.39 Å². The lowest BCUT2D eigenvalue weighted by molar-refractivity contribution is -0.142. The molecule has 15 heavy (non-hydrogen) atoms. The molecule has 0 radical (unpaired) electrons. The third-order valence-electron chi connectivity index (χ3n) is 1.87. The van der Waals surface area contributed by atoms with Gasteiger partial charge in [-0.05, 0) is 24.6 Å². The second kappa shape index (κ2) is 5.24. The fourth-order valence-electron chi connectivity index (χ4n) is 1.20. The topological polar surface area (TPSA) is 43.4 Å². The molecule has 1 aromatic rings. The molecule has 0 atom stereocenters. The van der Waals surface area contributed by atoms with Crippen molar-refractivity contribution in [3.05, 3.63) is 35.1 Å². The summed E-state index contributed by atoms with van der Waals surface area (Å²) in [5.41, 5.74) is 0.660. The summed E-state index contributed by atoms with van der Waals surface area (Å²) in [6.45, 7) is 1.99. The highest BCUT2D eigenvalue weighted by Crippen LogP contribution is 2.10. The largest absolute Gasteiger partial charge is 0.466 e. The maximum atomic E-state index is 12.7. The van der Waals surface area contributed by atoms with Crippen molar-refractivity contribution in [2.24, 2.45) is 0 Å². The number of rotatable bonds is 4. The molecule has 3 nitrogen and oxygen atoms in total. The van der Waals surface area contributed by atoms with Crippen LogP contribution in [0, 0.1) is 5.82 Å². The van der Waals surface area contributed by atoms with Crippen LogP contribution in [0.1, 0.15) is 22.8 Å². The molecule has 0 aromatic heterocycles.